The first-order chi connectivity index (χ1) is 9.34. The Balaban J connectivity index is 1.58. The van der Waals surface area contributed by atoms with Crippen LogP contribution < -0.4 is 5.32 Å². The van der Waals surface area contributed by atoms with Gasteiger partial charge in [0.2, 0.25) is 0 Å². The Morgan fingerprint density at radius 1 is 1.16 bits per heavy atom. The van der Waals surface area contributed by atoms with Gasteiger partial charge in [0, 0.05) is 24.3 Å². The van der Waals surface area contributed by atoms with Gasteiger partial charge in [0.05, 0.1) is 18.9 Å². The third kappa shape index (κ3) is 5.39. The Kier molecular flexibility index (Phi) is 5.82. The lowest BCUT2D eigenvalue weighted by molar-refractivity contribution is 0.122. The number of rotatable bonds is 7. The fourth-order valence-corrected chi connectivity index (χ4v) is 1.89. The molecule has 1 aromatic heterocycles. The Bertz CT molecular complexity index is 491. The highest BCUT2D eigenvalue weighted by Gasteiger charge is 1.95. The lowest BCUT2D eigenvalue weighted by Gasteiger charge is -2.06. The van der Waals surface area contributed by atoms with Crippen LogP contribution in [0, 0.1) is 0 Å². The van der Waals surface area contributed by atoms with Crippen molar-refractivity contribution in [3.8, 4) is 0 Å². The molecule has 100 valence electrons. The first-order valence-electron chi connectivity index (χ1n) is 6.27. The molecule has 0 atom stereocenters. The highest BCUT2D eigenvalue weighted by Crippen LogP contribution is 2.11. The van der Waals surface area contributed by atoms with Gasteiger partial charge in [-0.1, -0.05) is 29.8 Å². The van der Waals surface area contributed by atoms with Crippen molar-refractivity contribution in [2.75, 3.05) is 13.2 Å². The van der Waals surface area contributed by atoms with Crippen molar-refractivity contribution in [2.24, 2.45) is 0 Å². The van der Waals surface area contributed by atoms with Crippen LogP contribution in [0.25, 0.3) is 0 Å². The molecule has 0 saturated carbocycles. The average molecular weight is 277 g/mol. The third-order valence-corrected chi connectivity index (χ3v) is 2.85. The van der Waals surface area contributed by atoms with Crippen molar-refractivity contribution in [3.63, 3.8) is 0 Å². The number of halogens is 1. The van der Waals surface area contributed by atoms with Gasteiger partial charge in [0.15, 0.2) is 0 Å². The van der Waals surface area contributed by atoms with E-state index in [1.54, 1.807) is 6.20 Å². The van der Waals surface area contributed by atoms with Crippen LogP contribution >= 0.6 is 11.6 Å². The fraction of sp³-hybridized carbons (Fsp3) is 0.267. The zero-order valence-corrected chi connectivity index (χ0v) is 11.4. The second-order valence-electron chi connectivity index (χ2n) is 4.18. The van der Waals surface area contributed by atoms with Gasteiger partial charge in [0.1, 0.15) is 0 Å². The quantitative estimate of drug-likeness (QED) is 0.790. The third-order valence-electron chi connectivity index (χ3n) is 2.61. The molecule has 0 saturated heterocycles. The first-order valence-corrected chi connectivity index (χ1v) is 6.65. The van der Waals surface area contributed by atoms with E-state index in [1.165, 1.54) is 0 Å². The molecule has 0 spiro atoms. The number of nitrogens with zero attached hydrogens (tertiary/aromatic N) is 1. The maximum absolute atomic E-state index is 5.90. The molecule has 0 aliphatic rings. The molecule has 1 N–H and O–H groups in total. The van der Waals surface area contributed by atoms with E-state index in [2.05, 4.69) is 10.3 Å². The summed E-state index contributed by atoms with van der Waals surface area (Å²) in [7, 11) is 0. The summed E-state index contributed by atoms with van der Waals surface area (Å²) < 4.78 is 5.57. The summed E-state index contributed by atoms with van der Waals surface area (Å²) >= 11 is 5.90. The minimum atomic E-state index is 0.589. The van der Waals surface area contributed by atoms with Crippen molar-refractivity contribution in [2.45, 2.75) is 13.2 Å². The van der Waals surface area contributed by atoms with E-state index >= 15 is 0 Å². The summed E-state index contributed by atoms with van der Waals surface area (Å²) in [6.07, 6.45) is 1.80. The summed E-state index contributed by atoms with van der Waals surface area (Å²) in [5, 5.41) is 4.03. The number of aromatic nitrogens is 1. The number of nitrogens with one attached hydrogen (secondary N) is 1. The van der Waals surface area contributed by atoms with E-state index in [9.17, 15) is 0 Å². The predicted molar refractivity (Wildman–Crippen MR) is 77.1 cm³/mol. The minimum Gasteiger partial charge on any atom is -0.375 e. The zero-order chi connectivity index (χ0) is 13.3. The monoisotopic (exact) mass is 276 g/mol. The first kappa shape index (κ1) is 14.0. The fourth-order valence-electron chi connectivity index (χ4n) is 1.68. The molecule has 1 aromatic carbocycles. The average Bonchev–Trinajstić information content (AvgIpc) is 2.44. The van der Waals surface area contributed by atoms with Gasteiger partial charge in [-0.05, 0) is 29.8 Å². The van der Waals surface area contributed by atoms with Gasteiger partial charge >= 0.3 is 0 Å². The summed E-state index contributed by atoms with van der Waals surface area (Å²) in [5.41, 5.74) is 2.13. The van der Waals surface area contributed by atoms with Crippen LogP contribution in [-0.4, -0.2) is 18.1 Å². The maximum atomic E-state index is 5.90. The second-order valence-corrected chi connectivity index (χ2v) is 4.62. The van der Waals surface area contributed by atoms with E-state index in [-0.39, 0.29) is 0 Å². The second kappa shape index (κ2) is 7.89. The van der Waals surface area contributed by atoms with Gasteiger partial charge in [-0.25, -0.2) is 0 Å². The van der Waals surface area contributed by atoms with Crippen LogP contribution in [0.2, 0.25) is 5.02 Å². The van der Waals surface area contributed by atoms with Crippen molar-refractivity contribution in [3.05, 3.63) is 64.9 Å². The molecule has 0 fully saturated rings. The van der Waals surface area contributed by atoms with E-state index < -0.39 is 0 Å². The Hall–Kier alpha value is -1.42. The largest absolute Gasteiger partial charge is 0.375 e. The Morgan fingerprint density at radius 2 is 2.11 bits per heavy atom. The molecular weight excluding hydrogens is 260 g/mol. The van der Waals surface area contributed by atoms with Gasteiger partial charge in [-0.2, -0.15) is 0 Å². The van der Waals surface area contributed by atoms with Crippen LogP contribution in [0.5, 0.6) is 0 Å². The summed E-state index contributed by atoms with van der Waals surface area (Å²) in [4.78, 5) is 4.24. The SMILES string of the molecule is Clc1cccc(COCCNCc2ccccn2)c1. The molecule has 3 nitrogen and oxygen atoms in total. The summed E-state index contributed by atoms with van der Waals surface area (Å²) in [6, 6.07) is 13.6. The van der Waals surface area contributed by atoms with Crippen LogP contribution in [0.4, 0.5) is 0 Å². The van der Waals surface area contributed by atoms with Crippen molar-refractivity contribution >= 4 is 11.6 Å². The van der Waals surface area contributed by atoms with Crippen LogP contribution in [0.15, 0.2) is 48.7 Å². The molecule has 1 heterocycles. The van der Waals surface area contributed by atoms with E-state index in [0.717, 1.165) is 29.4 Å². The van der Waals surface area contributed by atoms with Crippen molar-refractivity contribution in [1.29, 1.82) is 0 Å². The van der Waals surface area contributed by atoms with Gasteiger partial charge in [0.25, 0.3) is 0 Å². The van der Waals surface area contributed by atoms with Crippen molar-refractivity contribution < 1.29 is 4.74 Å². The summed E-state index contributed by atoms with van der Waals surface area (Å²) in [5.74, 6) is 0. The van der Waals surface area contributed by atoms with Crippen molar-refractivity contribution in [1.82, 2.24) is 10.3 Å². The molecule has 2 aromatic rings. The highest BCUT2D eigenvalue weighted by molar-refractivity contribution is 6.30. The lowest BCUT2D eigenvalue weighted by atomic mass is 10.2. The Labute approximate surface area is 118 Å². The molecule has 4 heteroatoms. The molecule has 19 heavy (non-hydrogen) atoms. The van der Waals surface area contributed by atoms with Gasteiger partial charge < -0.3 is 10.1 Å². The molecular formula is C15H17ClN2O. The molecule has 0 radical (unpaired) electrons. The summed E-state index contributed by atoms with van der Waals surface area (Å²) in [6.45, 7) is 2.82. The Morgan fingerprint density at radius 3 is 2.89 bits per heavy atom. The number of pyridine rings is 1. The molecule has 0 bridgehead atoms. The van der Waals surface area contributed by atoms with Crippen LogP contribution in [-0.2, 0) is 17.9 Å². The van der Waals surface area contributed by atoms with E-state index in [4.69, 9.17) is 16.3 Å². The molecule has 0 unspecified atom stereocenters. The number of benzene rings is 1. The molecule has 2 rings (SSSR count). The normalized spacial score (nSPS) is 10.6. The topological polar surface area (TPSA) is 34.1 Å². The smallest absolute Gasteiger partial charge is 0.0718 e. The van der Waals surface area contributed by atoms with Gasteiger partial charge in [-0.3, -0.25) is 4.98 Å². The van der Waals surface area contributed by atoms with Gasteiger partial charge in [-0.15, -0.1) is 0 Å². The van der Waals surface area contributed by atoms with Crippen LogP contribution in [0.3, 0.4) is 0 Å². The number of hydrogen-bond donors (Lipinski definition) is 1. The minimum absolute atomic E-state index is 0.589. The highest BCUT2D eigenvalue weighted by atomic mass is 35.5. The lowest BCUT2D eigenvalue weighted by Crippen LogP contribution is -2.19. The molecule has 0 amide bonds. The maximum Gasteiger partial charge on any atom is 0.0718 e. The standard InChI is InChI=1S/C15H17ClN2O/c16-14-5-3-4-13(10-14)12-19-9-8-17-11-15-6-1-2-7-18-15/h1-7,10,17H,8-9,11-12H2. The molecule has 0 aliphatic heterocycles. The predicted octanol–water partition coefficient (Wildman–Crippen LogP) is 3.04. The zero-order valence-electron chi connectivity index (χ0n) is 10.7. The molecule has 0 aliphatic carbocycles. The van der Waals surface area contributed by atoms with E-state index in [0.29, 0.717) is 13.2 Å². The number of hydrogen-bond acceptors (Lipinski definition) is 3. The number of ether oxygens (including phenoxy) is 1. The van der Waals surface area contributed by atoms with E-state index in [1.807, 2.05) is 42.5 Å². The van der Waals surface area contributed by atoms with Crippen LogP contribution in [0.1, 0.15) is 11.3 Å².